The van der Waals surface area contributed by atoms with Crippen molar-refractivity contribution in [2.45, 2.75) is 13.5 Å². The van der Waals surface area contributed by atoms with Gasteiger partial charge in [0.2, 0.25) is 0 Å². The van der Waals surface area contributed by atoms with Crippen molar-refractivity contribution in [2.75, 3.05) is 7.05 Å². The molecule has 4 nitrogen and oxygen atoms in total. The minimum atomic E-state index is -0.00509. The van der Waals surface area contributed by atoms with Crippen molar-refractivity contribution >= 4 is 17.2 Å². The van der Waals surface area contributed by atoms with Gasteiger partial charge in [-0.3, -0.25) is 4.79 Å². The second-order valence-corrected chi connectivity index (χ2v) is 6.04. The van der Waals surface area contributed by atoms with Crippen LogP contribution in [0.1, 0.15) is 21.1 Å². The zero-order valence-electron chi connectivity index (χ0n) is 12.4. The second-order valence-electron chi connectivity index (χ2n) is 5.12. The van der Waals surface area contributed by atoms with Crippen LogP contribution in [0, 0.1) is 6.92 Å². The van der Waals surface area contributed by atoms with Gasteiger partial charge in [-0.2, -0.15) is 0 Å². The van der Waals surface area contributed by atoms with Gasteiger partial charge in [0, 0.05) is 18.7 Å². The van der Waals surface area contributed by atoms with Crippen molar-refractivity contribution in [3.05, 3.63) is 64.2 Å². The number of aryl methyl sites for hydroxylation is 1. The Hall–Kier alpha value is -2.40. The number of nitrogens with zero attached hydrogens (tertiary/aromatic N) is 2. The van der Waals surface area contributed by atoms with E-state index in [9.17, 15) is 4.79 Å². The predicted octanol–water partition coefficient (Wildman–Crippen LogP) is 3.98. The maximum atomic E-state index is 12.7. The molecule has 3 rings (SSSR count). The Labute approximate surface area is 133 Å². The first-order valence-corrected chi connectivity index (χ1v) is 7.83. The highest BCUT2D eigenvalue weighted by atomic mass is 32.1. The third-order valence-electron chi connectivity index (χ3n) is 3.37. The summed E-state index contributed by atoms with van der Waals surface area (Å²) >= 11 is 1.46. The van der Waals surface area contributed by atoms with Crippen LogP contribution in [0.15, 0.2) is 52.4 Å². The van der Waals surface area contributed by atoms with Gasteiger partial charge in [-0.1, -0.05) is 35.5 Å². The maximum absolute atomic E-state index is 12.7. The van der Waals surface area contributed by atoms with Gasteiger partial charge in [-0.15, -0.1) is 11.3 Å². The van der Waals surface area contributed by atoms with Crippen LogP contribution in [0.2, 0.25) is 0 Å². The van der Waals surface area contributed by atoms with E-state index >= 15 is 0 Å². The number of carbonyl (C=O) groups is 1. The largest absolute Gasteiger partial charge is 0.361 e. The number of benzene rings is 1. The van der Waals surface area contributed by atoms with Crippen LogP contribution >= 0.6 is 11.3 Å². The molecule has 1 amide bonds. The molecule has 0 aliphatic heterocycles. The van der Waals surface area contributed by atoms with Crippen molar-refractivity contribution in [3.63, 3.8) is 0 Å². The van der Waals surface area contributed by atoms with Crippen LogP contribution in [0.4, 0.5) is 0 Å². The topological polar surface area (TPSA) is 46.3 Å². The fourth-order valence-electron chi connectivity index (χ4n) is 2.30. The highest BCUT2D eigenvalue weighted by Crippen LogP contribution is 2.29. The quantitative estimate of drug-likeness (QED) is 0.732. The molecule has 0 radical (unpaired) electrons. The summed E-state index contributed by atoms with van der Waals surface area (Å²) < 4.78 is 5.04. The number of amides is 1. The summed E-state index contributed by atoms with van der Waals surface area (Å²) in [7, 11) is 1.78. The molecule has 0 aliphatic rings. The number of hydrogen-bond donors (Lipinski definition) is 0. The van der Waals surface area contributed by atoms with E-state index in [1.807, 2.05) is 54.8 Å². The summed E-state index contributed by atoms with van der Waals surface area (Å²) in [5.74, 6) is 0.742. The molecule has 1 aromatic carbocycles. The first-order valence-electron chi connectivity index (χ1n) is 6.95. The molecule has 0 fully saturated rings. The minimum Gasteiger partial charge on any atom is -0.361 e. The van der Waals surface area contributed by atoms with E-state index in [-0.39, 0.29) is 5.91 Å². The Balaban J connectivity index is 1.82. The highest BCUT2D eigenvalue weighted by molar-refractivity contribution is 7.12. The van der Waals surface area contributed by atoms with Gasteiger partial charge in [0.15, 0.2) is 0 Å². The smallest absolute Gasteiger partial charge is 0.264 e. The van der Waals surface area contributed by atoms with Gasteiger partial charge in [-0.25, -0.2) is 0 Å². The monoisotopic (exact) mass is 312 g/mol. The Morgan fingerprint density at radius 1 is 1.27 bits per heavy atom. The van der Waals surface area contributed by atoms with E-state index in [4.69, 9.17) is 4.52 Å². The van der Waals surface area contributed by atoms with Crippen molar-refractivity contribution < 1.29 is 9.32 Å². The lowest BCUT2D eigenvalue weighted by Gasteiger charge is -2.15. The van der Waals surface area contributed by atoms with E-state index in [1.165, 1.54) is 11.3 Å². The van der Waals surface area contributed by atoms with Gasteiger partial charge < -0.3 is 9.42 Å². The number of rotatable bonds is 4. The molecule has 2 aromatic heterocycles. The standard InChI is InChI=1S/C17H16N2O2S/c1-12-10-14(18-21-12)11-19(2)17(20)16-15(8-9-22-16)13-6-4-3-5-7-13/h3-10H,11H2,1-2H3. The lowest BCUT2D eigenvalue weighted by Crippen LogP contribution is -2.26. The third kappa shape index (κ3) is 2.94. The molecule has 0 N–H and O–H groups in total. The van der Waals surface area contributed by atoms with Crippen molar-refractivity contribution in [2.24, 2.45) is 0 Å². The van der Waals surface area contributed by atoms with Crippen LogP contribution in [0.3, 0.4) is 0 Å². The number of carbonyl (C=O) groups excluding carboxylic acids is 1. The number of thiophene rings is 1. The molecule has 5 heteroatoms. The van der Waals surface area contributed by atoms with Crippen molar-refractivity contribution in [3.8, 4) is 11.1 Å². The molecule has 0 aliphatic carbocycles. The summed E-state index contributed by atoms with van der Waals surface area (Å²) in [6, 6.07) is 13.8. The molecule has 112 valence electrons. The lowest BCUT2D eigenvalue weighted by atomic mass is 10.1. The van der Waals surface area contributed by atoms with Crippen LogP contribution < -0.4 is 0 Å². The second kappa shape index (κ2) is 6.15. The Morgan fingerprint density at radius 3 is 2.73 bits per heavy atom. The summed E-state index contributed by atoms with van der Waals surface area (Å²) in [5.41, 5.74) is 2.78. The molecule has 0 bridgehead atoms. The first kappa shape index (κ1) is 14.5. The van der Waals surface area contributed by atoms with E-state index < -0.39 is 0 Å². The van der Waals surface area contributed by atoms with Crippen molar-refractivity contribution in [1.29, 1.82) is 0 Å². The van der Waals surface area contributed by atoms with Crippen LogP contribution in [0.25, 0.3) is 11.1 Å². The Bertz CT molecular complexity index is 777. The van der Waals surface area contributed by atoms with Crippen molar-refractivity contribution in [1.82, 2.24) is 10.1 Å². The van der Waals surface area contributed by atoms with E-state index in [0.717, 1.165) is 27.5 Å². The van der Waals surface area contributed by atoms with E-state index in [2.05, 4.69) is 5.16 Å². The van der Waals surface area contributed by atoms with Crippen LogP contribution in [-0.2, 0) is 6.54 Å². The molecule has 0 spiro atoms. The molecule has 22 heavy (non-hydrogen) atoms. The molecule has 0 atom stereocenters. The summed E-state index contributed by atoms with van der Waals surface area (Å²) in [4.78, 5) is 15.1. The van der Waals surface area contributed by atoms with Crippen LogP contribution in [0.5, 0.6) is 0 Å². The van der Waals surface area contributed by atoms with Gasteiger partial charge in [0.25, 0.3) is 5.91 Å². The fraction of sp³-hybridized carbons (Fsp3) is 0.176. The van der Waals surface area contributed by atoms with E-state index in [0.29, 0.717) is 6.54 Å². The predicted molar refractivity (Wildman–Crippen MR) is 86.8 cm³/mol. The average Bonchev–Trinajstić information content (AvgIpc) is 3.16. The molecule has 2 heterocycles. The number of aromatic nitrogens is 1. The molecule has 0 saturated carbocycles. The normalized spacial score (nSPS) is 10.6. The molecule has 0 unspecified atom stereocenters. The summed E-state index contributed by atoms with van der Waals surface area (Å²) in [6.07, 6.45) is 0. The third-order valence-corrected chi connectivity index (χ3v) is 4.27. The lowest BCUT2D eigenvalue weighted by molar-refractivity contribution is 0.0787. The number of hydrogen-bond acceptors (Lipinski definition) is 4. The van der Waals surface area contributed by atoms with Gasteiger partial charge >= 0.3 is 0 Å². The van der Waals surface area contributed by atoms with E-state index in [1.54, 1.807) is 11.9 Å². The SMILES string of the molecule is Cc1cc(CN(C)C(=O)c2sccc2-c2ccccc2)no1. The maximum Gasteiger partial charge on any atom is 0.264 e. The summed E-state index contributed by atoms with van der Waals surface area (Å²) in [6.45, 7) is 2.27. The highest BCUT2D eigenvalue weighted by Gasteiger charge is 2.19. The summed E-state index contributed by atoms with van der Waals surface area (Å²) in [5, 5.41) is 5.88. The molecular weight excluding hydrogens is 296 g/mol. The van der Waals surface area contributed by atoms with Gasteiger partial charge in [0.05, 0.1) is 11.4 Å². The zero-order chi connectivity index (χ0) is 15.5. The molecular formula is C17H16N2O2S. The Morgan fingerprint density at radius 2 is 2.05 bits per heavy atom. The fourth-order valence-corrected chi connectivity index (χ4v) is 3.21. The van der Waals surface area contributed by atoms with Gasteiger partial charge in [0.1, 0.15) is 11.5 Å². The minimum absolute atomic E-state index is 0.00509. The molecule has 3 aromatic rings. The average molecular weight is 312 g/mol. The molecule has 0 saturated heterocycles. The van der Waals surface area contributed by atoms with Gasteiger partial charge in [-0.05, 0) is 23.9 Å². The Kier molecular flexibility index (Phi) is 4.06. The first-order chi connectivity index (χ1) is 10.6. The zero-order valence-corrected chi connectivity index (χ0v) is 13.3. The van der Waals surface area contributed by atoms with Crippen LogP contribution in [-0.4, -0.2) is 23.0 Å².